The van der Waals surface area contributed by atoms with Crippen LogP contribution in [-0.2, 0) is 6.42 Å². The van der Waals surface area contributed by atoms with E-state index in [4.69, 9.17) is 10.5 Å². The molecule has 0 aromatic heterocycles. The third-order valence-electron chi connectivity index (χ3n) is 4.73. The molecule has 3 heteroatoms. The van der Waals surface area contributed by atoms with Gasteiger partial charge in [0.2, 0.25) is 0 Å². The van der Waals surface area contributed by atoms with Crippen molar-refractivity contribution in [3.05, 3.63) is 52.6 Å². The predicted molar refractivity (Wildman–Crippen MR) is 97.5 cm³/mol. The maximum absolute atomic E-state index is 6.05. The summed E-state index contributed by atoms with van der Waals surface area (Å²) in [6, 6.07) is 10.6. The maximum atomic E-state index is 6.05. The number of ether oxygens (including phenoxy) is 1. The monoisotopic (exact) mass is 310 g/mol. The normalized spacial score (nSPS) is 13.8. The molecule has 3 rings (SSSR count). The van der Waals surface area contributed by atoms with Crippen LogP contribution in [0.4, 0.5) is 11.4 Å². The van der Waals surface area contributed by atoms with Crippen LogP contribution in [0.25, 0.3) is 0 Å². The highest BCUT2D eigenvalue weighted by Crippen LogP contribution is 2.29. The van der Waals surface area contributed by atoms with Gasteiger partial charge in [-0.3, -0.25) is 0 Å². The van der Waals surface area contributed by atoms with Crippen LogP contribution < -0.4 is 15.4 Å². The average Bonchev–Trinajstić information content (AvgIpc) is 2.52. The average molecular weight is 310 g/mol. The van der Waals surface area contributed by atoms with Crippen LogP contribution in [0.1, 0.15) is 28.7 Å². The van der Waals surface area contributed by atoms with E-state index >= 15 is 0 Å². The molecule has 2 aromatic carbocycles. The highest BCUT2D eigenvalue weighted by atomic mass is 16.5. The van der Waals surface area contributed by atoms with E-state index in [1.165, 1.54) is 34.4 Å². The molecule has 0 atom stereocenters. The predicted octanol–water partition coefficient (Wildman–Crippen LogP) is 4.03. The first-order valence-corrected chi connectivity index (χ1v) is 8.38. The van der Waals surface area contributed by atoms with E-state index in [1.54, 1.807) is 0 Å². The number of rotatable bonds is 4. The van der Waals surface area contributed by atoms with Gasteiger partial charge in [-0.25, -0.2) is 0 Å². The molecule has 0 unspecified atom stereocenters. The van der Waals surface area contributed by atoms with E-state index in [-0.39, 0.29) is 0 Å². The van der Waals surface area contributed by atoms with Gasteiger partial charge >= 0.3 is 0 Å². The van der Waals surface area contributed by atoms with Crippen LogP contribution in [0.15, 0.2) is 30.3 Å². The van der Waals surface area contributed by atoms with E-state index < -0.39 is 0 Å². The highest BCUT2D eigenvalue weighted by molar-refractivity contribution is 5.62. The number of nitrogens with two attached hydrogens (primary N) is 1. The summed E-state index contributed by atoms with van der Waals surface area (Å²) in [7, 11) is 0. The molecule has 23 heavy (non-hydrogen) atoms. The lowest BCUT2D eigenvalue weighted by Gasteiger charge is -2.31. The zero-order valence-corrected chi connectivity index (χ0v) is 14.4. The lowest BCUT2D eigenvalue weighted by Crippen LogP contribution is -2.33. The molecule has 1 heterocycles. The Morgan fingerprint density at radius 2 is 1.83 bits per heavy atom. The first-order chi connectivity index (χ1) is 11.0. The van der Waals surface area contributed by atoms with Crippen molar-refractivity contribution in [2.75, 3.05) is 30.3 Å². The van der Waals surface area contributed by atoms with Crippen molar-refractivity contribution in [3.63, 3.8) is 0 Å². The van der Waals surface area contributed by atoms with Gasteiger partial charge in [0.25, 0.3) is 0 Å². The van der Waals surface area contributed by atoms with Crippen molar-refractivity contribution < 1.29 is 4.74 Å². The number of hydrogen-bond donors (Lipinski definition) is 1. The summed E-state index contributed by atoms with van der Waals surface area (Å²) in [5.74, 6) is 0.998. The van der Waals surface area contributed by atoms with Gasteiger partial charge in [0, 0.05) is 17.9 Å². The van der Waals surface area contributed by atoms with E-state index in [0.29, 0.717) is 6.61 Å². The van der Waals surface area contributed by atoms with Gasteiger partial charge in [-0.1, -0.05) is 12.1 Å². The van der Waals surface area contributed by atoms with Crippen molar-refractivity contribution in [1.29, 1.82) is 0 Å². The van der Waals surface area contributed by atoms with Gasteiger partial charge in [0.15, 0.2) is 0 Å². The molecule has 0 amide bonds. The zero-order chi connectivity index (χ0) is 16.4. The largest absolute Gasteiger partial charge is 0.491 e. The molecule has 1 aliphatic rings. The zero-order valence-electron chi connectivity index (χ0n) is 14.4. The summed E-state index contributed by atoms with van der Waals surface area (Å²) in [6.45, 7) is 9.04. The first-order valence-electron chi connectivity index (χ1n) is 8.38. The first kappa shape index (κ1) is 15.7. The SMILES string of the molecule is Cc1cc(C)c(OCCN2CCCc3ccc(N)cc32)cc1C. The van der Waals surface area contributed by atoms with Crippen molar-refractivity contribution in [2.45, 2.75) is 33.6 Å². The number of benzene rings is 2. The Labute approximate surface area is 139 Å². The molecule has 122 valence electrons. The molecule has 1 aliphatic heterocycles. The Hall–Kier alpha value is -2.16. The summed E-state index contributed by atoms with van der Waals surface area (Å²) in [4.78, 5) is 2.39. The number of anilines is 2. The Morgan fingerprint density at radius 1 is 1.04 bits per heavy atom. The smallest absolute Gasteiger partial charge is 0.122 e. The summed E-state index contributed by atoms with van der Waals surface area (Å²) in [5.41, 5.74) is 13.3. The Bertz CT molecular complexity index is 709. The van der Waals surface area contributed by atoms with Crippen LogP contribution in [-0.4, -0.2) is 19.7 Å². The topological polar surface area (TPSA) is 38.5 Å². The summed E-state index contributed by atoms with van der Waals surface area (Å²) in [5, 5.41) is 0. The van der Waals surface area contributed by atoms with E-state index in [1.807, 2.05) is 6.07 Å². The summed E-state index contributed by atoms with van der Waals surface area (Å²) in [6.07, 6.45) is 2.34. The number of aryl methyl sites for hydroxylation is 4. The van der Waals surface area contributed by atoms with Crippen molar-refractivity contribution >= 4 is 11.4 Å². The van der Waals surface area contributed by atoms with Crippen LogP contribution in [0.2, 0.25) is 0 Å². The number of fused-ring (bicyclic) bond motifs is 1. The standard InChI is InChI=1S/C20H26N2O/c1-14-11-16(3)20(12-15(14)2)23-10-9-22-8-4-5-17-6-7-18(21)13-19(17)22/h6-7,11-13H,4-5,8-10,21H2,1-3H3. The Kier molecular flexibility index (Phi) is 4.46. The molecular formula is C20H26N2O. The fraction of sp³-hybridized carbons (Fsp3) is 0.400. The Balaban J connectivity index is 1.66. The minimum Gasteiger partial charge on any atom is -0.491 e. The molecular weight excluding hydrogens is 284 g/mol. The van der Waals surface area contributed by atoms with Gasteiger partial charge in [0.1, 0.15) is 12.4 Å². The van der Waals surface area contributed by atoms with Crippen molar-refractivity contribution in [3.8, 4) is 5.75 Å². The number of hydrogen-bond acceptors (Lipinski definition) is 3. The van der Waals surface area contributed by atoms with Crippen LogP contribution >= 0.6 is 0 Å². The van der Waals surface area contributed by atoms with Crippen molar-refractivity contribution in [1.82, 2.24) is 0 Å². The van der Waals surface area contributed by atoms with E-state index in [0.717, 1.165) is 30.9 Å². The third-order valence-corrected chi connectivity index (χ3v) is 4.73. The van der Waals surface area contributed by atoms with Crippen LogP contribution in [0.5, 0.6) is 5.75 Å². The summed E-state index contributed by atoms with van der Waals surface area (Å²) >= 11 is 0. The van der Waals surface area contributed by atoms with Gasteiger partial charge in [-0.2, -0.15) is 0 Å². The lowest BCUT2D eigenvalue weighted by molar-refractivity contribution is 0.320. The second kappa shape index (κ2) is 6.53. The molecule has 0 saturated carbocycles. The minimum absolute atomic E-state index is 0.692. The molecule has 2 N–H and O–H groups in total. The van der Waals surface area contributed by atoms with Gasteiger partial charge in [-0.05, 0) is 74.1 Å². The molecule has 0 aliphatic carbocycles. The van der Waals surface area contributed by atoms with E-state index in [2.05, 4.69) is 49.9 Å². The molecule has 3 nitrogen and oxygen atoms in total. The van der Waals surface area contributed by atoms with Gasteiger partial charge < -0.3 is 15.4 Å². The maximum Gasteiger partial charge on any atom is 0.122 e. The highest BCUT2D eigenvalue weighted by Gasteiger charge is 2.17. The van der Waals surface area contributed by atoms with Crippen molar-refractivity contribution in [2.24, 2.45) is 0 Å². The number of nitrogens with zero attached hydrogens (tertiary/aromatic N) is 1. The van der Waals surface area contributed by atoms with Gasteiger partial charge in [0.05, 0.1) is 6.54 Å². The fourth-order valence-electron chi connectivity index (χ4n) is 3.26. The second-order valence-electron chi connectivity index (χ2n) is 6.53. The lowest BCUT2D eigenvalue weighted by atomic mass is 10.0. The fourth-order valence-corrected chi connectivity index (χ4v) is 3.26. The molecule has 0 saturated heterocycles. The molecule has 2 aromatic rings. The molecule has 0 spiro atoms. The van der Waals surface area contributed by atoms with Crippen LogP contribution in [0, 0.1) is 20.8 Å². The molecule has 0 bridgehead atoms. The molecule has 0 radical (unpaired) electrons. The Morgan fingerprint density at radius 3 is 2.65 bits per heavy atom. The van der Waals surface area contributed by atoms with Crippen LogP contribution in [0.3, 0.4) is 0 Å². The summed E-state index contributed by atoms with van der Waals surface area (Å²) < 4.78 is 6.05. The second-order valence-corrected chi connectivity index (χ2v) is 6.53. The third kappa shape index (κ3) is 3.44. The number of nitrogen functional groups attached to an aromatic ring is 1. The molecule has 0 fully saturated rings. The van der Waals surface area contributed by atoms with Gasteiger partial charge in [-0.15, -0.1) is 0 Å². The minimum atomic E-state index is 0.692. The quantitative estimate of drug-likeness (QED) is 0.867. The van der Waals surface area contributed by atoms with E-state index in [9.17, 15) is 0 Å².